The van der Waals surface area contributed by atoms with Crippen LogP contribution in [0.3, 0.4) is 0 Å². The standard InChI is InChI=1S/C8H15NS2/c1-6-2-7(3-9-6)8-4-10-11-5-8/h6-9H,2-5H2,1H3/t6-,7?/m0/s1. The molecular weight excluding hydrogens is 174 g/mol. The van der Waals surface area contributed by atoms with Gasteiger partial charge in [0.05, 0.1) is 0 Å². The van der Waals surface area contributed by atoms with Crippen LogP contribution in [0.15, 0.2) is 0 Å². The molecule has 1 nitrogen and oxygen atoms in total. The van der Waals surface area contributed by atoms with E-state index in [-0.39, 0.29) is 0 Å². The van der Waals surface area contributed by atoms with Gasteiger partial charge in [-0.3, -0.25) is 0 Å². The highest BCUT2D eigenvalue weighted by Crippen LogP contribution is 2.40. The van der Waals surface area contributed by atoms with Gasteiger partial charge in [0.2, 0.25) is 0 Å². The van der Waals surface area contributed by atoms with Gasteiger partial charge in [-0.05, 0) is 31.7 Å². The minimum absolute atomic E-state index is 0.774. The Morgan fingerprint density at radius 1 is 1.18 bits per heavy atom. The smallest absolute Gasteiger partial charge is 0.00766 e. The molecule has 2 saturated heterocycles. The molecule has 0 aromatic heterocycles. The zero-order valence-corrected chi connectivity index (χ0v) is 8.51. The Balaban J connectivity index is 1.85. The van der Waals surface area contributed by atoms with Gasteiger partial charge in [-0.15, -0.1) is 0 Å². The molecule has 0 radical (unpaired) electrons. The van der Waals surface area contributed by atoms with Gasteiger partial charge in [0.25, 0.3) is 0 Å². The first-order valence-electron chi connectivity index (χ1n) is 4.34. The minimum Gasteiger partial charge on any atom is -0.314 e. The zero-order chi connectivity index (χ0) is 7.68. The molecule has 2 aliphatic heterocycles. The molecular formula is C8H15NS2. The summed E-state index contributed by atoms with van der Waals surface area (Å²) in [5.41, 5.74) is 0. The summed E-state index contributed by atoms with van der Waals surface area (Å²) in [7, 11) is 4.12. The third-order valence-corrected chi connectivity index (χ3v) is 5.31. The van der Waals surface area contributed by atoms with E-state index in [1.54, 1.807) is 0 Å². The van der Waals surface area contributed by atoms with Crippen molar-refractivity contribution >= 4 is 21.6 Å². The molecule has 1 N–H and O–H groups in total. The van der Waals surface area contributed by atoms with Crippen molar-refractivity contribution < 1.29 is 0 Å². The van der Waals surface area contributed by atoms with Gasteiger partial charge in [-0.1, -0.05) is 21.6 Å². The average molecular weight is 189 g/mol. The van der Waals surface area contributed by atoms with Gasteiger partial charge in [0, 0.05) is 17.5 Å². The lowest BCUT2D eigenvalue weighted by atomic mass is 9.93. The van der Waals surface area contributed by atoms with E-state index in [1.807, 2.05) is 0 Å². The maximum absolute atomic E-state index is 3.53. The van der Waals surface area contributed by atoms with Gasteiger partial charge >= 0.3 is 0 Å². The van der Waals surface area contributed by atoms with Gasteiger partial charge in [0.1, 0.15) is 0 Å². The lowest BCUT2D eigenvalue weighted by Gasteiger charge is -2.14. The molecule has 2 atom stereocenters. The predicted octanol–water partition coefficient (Wildman–Crippen LogP) is 2.00. The van der Waals surface area contributed by atoms with Gasteiger partial charge < -0.3 is 5.32 Å². The molecule has 0 aromatic rings. The SMILES string of the molecule is C[C@H]1CC(C2CSSC2)CN1. The second-order valence-corrected chi connectivity index (χ2v) is 6.19. The van der Waals surface area contributed by atoms with Gasteiger partial charge in [-0.25, -0.2) is 0 Å². The molecule has 0 aliphatic carbocycles. The Hall–Kier alpha value is 0.660. The molecule has 64 valence electrons. The van der Waals surface area contributed by atoms with E-state index in [0.29, 0.717) is 0 Å². The van der Waals surface area contributed by atoms with Crippen LogP contribution in [0, 0.1) is 11.8 Å². The van der Waals surface area contributed by atoms with Gasteiger partial charge in [0.15, 0.2) is 0 Å². The van der Waals surface area contributed by atoms with Crippen LogP contribution in [0.1, 0.15) is 13.3 Å². The Morgan fingerprint density at radius 2 is 1.91 bits per heavy atom. The van der Waals surface area contributed by atoms with Crippen LogP contribution >= 0.6 is 21.6 Å². The van der Waals surface area contributed by atoms with Crippen molar-refractivity contribution in [2.75, 3.05) is 18.1 Å². The first-order valence-corrected chi connectivity index (χ1v) is 6.83. The van der Waals surface area contributed by atoms with Crippen molar-refractivity contribution in [3.05, 3.63) is 0 Å². The molecule has 0 saturated carbocycles. The summed E-state index contributed by atoms with van der Waals surface area (Å²) in [5, 5.41) is 3.53. The highest BCUT2D eigenvalue weighted by molar-refractivity contribution is 8.77. The third-order valence-electron chi connectivity index (χ3n) is 2.70. The second-order valence-electron chi connectivity index (χ2n) is 3.63. The maximum Gasteiger partial charge on any atom is 0.00766 e. The number of rotatable bonds is 1. The lowest BCUT2D eigenvalue weighted by molar-refractivity contribution is 0.429. The van der Waals surface area contributed by atoms with E-state index in [1.165, 1.54) is 24.5 Å². The Labute approximate surface area is 76.5 Å². The van der Waals surface area contributed by atoms with Crippen molar-refractivity contribution in [3.63, 3.8) is 0 Å². The summed E-state index contributed by atoms with van der Waals surface area (Å²) in [6.45, 7) is 3.57. The fourth-order valence-corrected chi connectivity index (χ4v) is 5.02. The van der Waals surface area contributed by atoms with Crippen LogP contribution in [-0.4, -0.2) is 24.1 Å². The summed E-state index contributed by atoms with van der Waals surface area (Å²) in [4.78, 5) is 0. The van der Waals surface area contributed by atoms with Crippen molar-refractivity contribution in [2.24, 2.45) is 11.8 Å². The summed E-state index contributed by atoms with van der Waals surface area (Å²) in [6, 6.07) is 0.774. The number of nitrogens with one attached hydrogen (secondary N) is 1. The van der Waals surface area contributed by atoms with E-state index < -0.39 is 0 Å². The third kappa shape index (κ3) is 1.87. The molecule has 0 aromatic carbocycles. The molecule has 0 amide bonds. The number of hydrogen-bond donors (Lipinski definition) is 1. The summed E-state index contributed by atoms with van der Waals surface area (Å²) < 4.78 is 0. The Kier molecular flexibility index (Phi) is 2.69. The van der Waals surface area contributed by atoms with E-state index in [0.717, 1.165) is 17.9 Å². The Morgan fingerprint density at radius 3 is 2.45 bits per heavy atom. The fourth-order valence-electron chi connectivity index (χ4n) is 1.92. The van der Waals surface area contributed by atoms with E-state index in [4.69, 9.17) is 0 Å². The highest BCUT2D eigenvalue weighted by atomic mass is 33.1. The molecule has 0 bridgehead atoms. The quantitative estimate of drug-likeness (QED) is 0.634. The van der Waals surface area contributed by atoms with Crippen molar-refractivity contribution in [1.82, 2.24) is 5.32 Å². The topological polar surface area (TPSA) is 12.0 Å². The average Bonchev–Trinajstić information content (AvgIpc) is 2.55. The van der Waals surface area contributed by atoms with E-state index in [9.17, 15) is 0 Å². The van der Waals surface area contributed by atoms with Crippen molar-refractivity contribution in [1.29, 1.82) is 0 Å². The molecule has 2 heterocycles. The van der Waals surface area contributed by atoms with Crippen LogP contribution in [0.2, 0.25) is 0 Å². The molecule has 3 heteroatoms. The summed E-state index contributed by atoms with van der Waals surface area (Å²) >= 11 is 0. The minimum atomic E-state index is 0.774. The molecule has 2 fully saturated rings. The van der Waals surface area contributed by atoms with Crippen LogP contribution in [0.4, 0.5) is 0 Å². The second kappa shape index (κ2) is 3.58. The maximum atomic E-state index is 3.53. The monoisotopic (exact) mass is 189 g/mol. The highest BCUT2D eigenvalue weighted by Gasteiger charge is 2.30. The van der Waals surface area contributed by atoms with Crippen molar-refractivity contribution in [2.45, 2.75) is 19.4 Å². The molecule has 2 aliphatic rings. The largest absolute Gasteiger partial charge is 0.314 e. The molecule has 1 unspecified atom stereocenters. The molecule has 0 spiro atoms. The van der Waals surface area contributed by atoms with Crippen molar-refractivity contribution in [3.8, 4) is 0 Å². The van der Waals surface area contributed by atoms with Crippen LogP contribution in [-0.2, 0) is 0 Å². The van der Waals surface area contributed by atoms with E-state index in [2.05, 4.69) is 33.8 Å². The summed E-state index contributed by atoms with van der Waals surface area (Å²) in [5.74, 6) is 4.77. The number of hydrogen-bond acceptors (Lipinski definition) is 3. The van der Waals surface area contributed by atoms with Crippen LogP contribution in [0.25, 0.3) is 0 Å². The first kappa shape index (κ1) is 8.27. The first-order chi connectivity index (χ1) is 5.36. The molecule has 2 rings (SSSR count). The fraction of sp³-hybridized carbons (Fsp3) is 1.00. The zero-order valence-electron chi connectivity index (χ0n) is 6.88. The molecule has 11 heavy (non-hydrogen) atoms. The van der Waals surface area contributed by atoms with Crippen LogP contribution in [0.5, 0.6) is 0 Å². The predicted molar refractivity (Wildman–Crippen MR) is 54.0 cm³/mol. The normalized spacial score (nSPS) is 40.1. The van der Waals surface area contributed by atoms with Gasteiger partial charge in [-0.2, -0.15) is 0 Å². The van der Waals surface area contributed by atoms with Crippen LogP contribution < -0.4 is 5.32 Å². The summed E-state index contributed by atoms with van der Waals surface area (Å²) in [6.07, 6.45) is 1.41. The Bertz CT molecular complexity index is 134. The lowest BCUT2D eigenvalue weighted by Crippen LogP contribution is -2.20. The van der Waals surface area contributed by atoms with E-state index >= 15 is 0 Å².